The summed E-state index contributed by atoms with van der Waals surface area (Å²) in [5.74, 6) is 0.0934. The van der Waals surface area contributed by atoms with Crippen LogP contribution in [0.2, 0.25) is 0 Å². The zero-order valence-electron chi connectivity index (χ0n) is 8.73. The Morgan fingerprint density at radius 2 is 2.00 bits per heavy atom. The van der Waals surface area contributed by atoms with Crippen LogP contribution in [0, 0.1) is 6.92 Å². The number of benzene rings is 1. The van der Waals surface area contributed by atoms with Gasteiger partial charge in [0.1, 0.15) is 0 Å². The molecule has 0 unspecified atom stereocenters. The van der Waals surface area contributed by atoms with Crippen molar-refractivity contribution in [3.63, 3.8) is 0 Å². The lowest BCUT2D eigenvalue weighted by atomic mass is 10.1. The van der Waals surface area contributed by atoms with E-state index in [1.165, 1.54) is 0 Å². The number of sulfonamides is 1. The average Bonchev–Trinajstić information content (AvgIpc) is 2.91. The SMILES string of the molecule is Cc1ccccc1CS(=O)(=O)NC1CC1. The highest BCUT2D eigenvalue weighted by Crippen LogP contribution is 2.21. The number of nitrogens with one attached hydrogen (secondary N) is 1. The molecule has 15 heavy (non-hydrogen) atoms. The van der Waals surface area contributed by atoms with Crippen LogP contribution in [0.4, 0.5) is 0 Å². The zero-order valence-corrected chi connectivity index (χ0v) is 9.55. The van der Waals surface area contributed by atoms with Crippen molar-refractivity contribution in [2.24, 2.45) is 0 Å². The molecule has 1 aliphatic rings. The topological polar surface area (TPSA) is 46.2 Å². The quantitative estimate of drug-likeness (QED) is 0.845. The predicted octanol–water partition coefficient (Wildman–Crippen LogP) is 1.58. The van der Waals surface area contributed by atoms with Gasteiger partial charge in [-0.05, 0) is 30.9 Å². The summed E-state index contributed by atoms with van der Waals surface area (Å²) in [6.45, 7) is 1.93. The summed E-state index contributed by atoms with van der Waals surface area (Å²) in [5, 5.41) is 0. The smallest absolute Gasteiger partial charge is 0.212 e. The lowest BCUT2D eigenvalue weighted by Crippen LogP contribution is -2.27. The molecule has 0 bridgehead atoms. The number of hydrogen-bond acceptors (Lipinski definition) is 2. The Labute approximate surface area is 90.6 Å². The summed E-state index contributed by atoms with van der Waals surface area (Å²) in [4.78, 5) is 0. The van der Waals surface area contributed by atoms with Crippen LogP contribution >= 0.6 is 0 Å². The highest BCUT2D eigenvalue weighted by Gasteiger charge is 2.27. The van der Waals surface area contributed by atoms with E-state index in [4.69, 9.17) is 0 Å². The highest BCUT2D eigenvalue weighted by atomic mass is 32.2. The molecule has 1 saturated carbocycles. The minimum atomic E-state index is -3.14. The second kappa shape index (κ2) is 3.94. The summed E-state index contributed by atoms with van der Waals surface area (Å²) >= 11 is 0. The molecular formula is C11H15NO2S. The Bertz CT molecular complexity index is 449. The highest BCUT2D eigenvalue weighted by molar-refractivity contribution is 7.88. The maximum absolute atomic E-state index is 11.7. The van der Waals surface area contributed by atoms with E-state index in [1.54, 1.807) is 0 Å². The van der Waals surface area contributed by atoms with Gasteiger partial charge in [-0.3, -0.25) is 0 Å². The Balaban J connectivity index is 2.10. The minimum absolute atomic E-state index is 0.0934. The van der Waals surface area contributed by atoms with Crippen molar-refractivity contribution >= 4 is 10.0 Å². The first-order valence-electron chi connectivity index (χ1n) is 5.11. The van der Waals surface area contributed by atoms with E-state index in [1.807, 2.05) is 31.2 Å². The third-order valence-electron chi connectivity index (χ3n) is 2.53. The molecular weight excluding hydrogens is 210 g/mol. The third kappa shape index (κ3) is 3.04. The van der Waals surface area contributed by atoms with Gasteiger partial charge in [-0.2, -0.15) is 0 Å². The fourth-order valence-electron chi connectivity index (χ4n) is 1.47. The van der Waals surface area contributed by atoms with Crippen molar-refractivity contribution in [3.05, 3.63) is 35.4 Å². The summed E-state index contributed by atoms with van der Waals surface area (Å²) in [6.07, 6.45) is 1.96. The lowest BCUT2D eigenvalue weighted by Gasteiger charge is -2.07. The van der Waals surface area contributed by atoms with Crippen molar-refractivity contribution in [2.75, 3.05) is 0 Å². The number of hydrogen-bond donors (Lipinski definition) is 1. The fourth-order valence-corrected chi connectivity index (χ4v) is 3.03. The van der Waals surface area contributed by atoms with Gasteiger partial charge in [-0.15, -0.1) is 0 Å². The van der Waals surface area contributed by atoms with E-state index in [-0.39, 0.29) is 11.8 Å². The molecule has 1 aliphatic carbocycles. The fraction of sp³-hybridized carbons (Fsp3) is 0.455. The van der Waals surface area contributed by atoms with Gasteiger partial charge in [0.05, 0.1) is 5.75 Å². The van der Waals surface area contributed by atoms with Crippen LogP contribution in [-0.4, -0.2) is 14.5 Å². The first-order chi connectivity index (χ1) is 7.07. The second-order valence-corrected chi connectivity index (χ2v) is 5.83. The molecule has 0 spiro atoms. The van der Waals surface area contributed by atoms with E-state index in [0.29, 0.717) is 0 Å². The molecule has 82 valence electrons. The first-order valence-corrected chi connectivity index (χ1v) is 6.76. The van der Waals surface area contributed by atoms with Gasteiger partial charge in [0.25, 0.3) is 0 Å². The maximum atomic E-state index is 11.7. The summed E-state index contributed by atoms with van der Waals surface area (Å²) in [6, 6.07) is 7.78. The van der Waals surface area contributed by atoms with Crippen molar-refractivity contribution in [1.82, 2.24) is 4.72 Å². The van der Waals surface area contributed by atoms with Crippen molar-refractivity contribution in [3.8, 4) is 0 Å². The molecule has 0 radical (unpaired) electrons. The molecule has 0 saturated heterocycles. The molecule has 0 aromatic heterocycles. The van der Waals surface area contributed by atoms with Gasteiger partial charge >= 0.3 is 0 Å². The molecule has 1 aromatic rings. The Kier molecular flexibility index (Phi) is 2.80. The molecule has 4 heteroatoms. The van der Waals surface area contributed by atoms with Gasteiger partial charge in [-0.25, -0.2) is 13.1 Å². The Hall–Kier alpha value is -0.870. The molecule has 0 heterocycles. The molecule has 1 aromatic carbocycles. The van der Waals surface area contributed by atoms with E-state index in [0.717, 1.165) is 24.0 Å². The predicted molar refractivity (Wildman–Crippen MR) is 60.0 cm³/mol. The molecule has 1 N–H and O–H groups in total. The zero-order chi connectivity index (χ0) is 10.9. The minimum Gasteiger partial charge on any atom is -0.212 e. The van der Waals surface area contributed by atoms with Crippen LogP contribution in [0.15, 0.2) is 24.3 Å². The Morgan fingerprint density at radius 3 is 2.60 bits per heavy atom. The molecule has 0 aliphatic heterocycles. The van der Waals surface area contributed by atoms with Crippen molar-refractivity contribution in [1.29, 1.82) is 0 Å². The summed E-state index contributed by atoms with van der Waals surface area (Å²) < 4.78 is 26.1. The summed E-state index contributed by atoms with van der Waals surface area (Å²) in [7, 11) is -3.14. The van der Waals surface area contributed by atoms with E-state index in [9.17, 15) is 8.42 Å². The lowest BCUT2D eigenvalue weighted by molar-refractivity contribution is 0.580. The molecule has 2 rings (SSSR count). The van der Waals surface area contributed by atoms with Crippen molar-refractivity contribution < 1.29 is 8.42 Å². The van der Waals surface area contributed by atoms with Crippen LogP contribution in [0.5, 0.6) is 0 Å². The van der Waals surface area contributed by atoms with Gasteiger partial charge < -0.3 is 0 Å². The van der Waals surface area contributed by atoms with Gasteiger partial charge in [0.15, 0.2) is 0 Å². The van der Waals surface area contributed by atoms with Crippen LogP contribution in [0.3, 0.4) is 0 Å². The number of rotatable bonds is 4. The normalized spacial score (nSPS) is 16.6. The second-order valence-electron chi connectivity index (χ2n) is 4.08. The monoisotopic (exact) mass is 225 g/mol. The van der Waals surface area contributed by atoms with Crippen molar-refractivity contribution in [2.45, 2.75) is 31.6 Å². The third-order valence-corrected chi connectivity index (χ3v) is 3.91. The van der Waals surface area contributed by atoms with Gasteiger partial charge in [-0.1, -0.05) is 24.3 Å². The average molecular weight is 225 g/mol. The largest absolute Gasteiger partial charge is 0.216 e. The van der Waals surface area contributed by atoms with Gasteiger partial charge in [0, 0.05) is 6.04 Å². The molecule has 1 fully saturated rings. The van der Waals surface area contributed by atoms with Crippen LogP contribution < -0.4 is 4.72 Å². The van der Waals surface area contributed by atoms with Gasteiger partial charge in [0.2, 0.25) is 10.0 Å². The molecule has 3 nitrogen and oxygen atoms in total. The summed E-state index contributed by atoms with van der Waals surface area (Å²) in [5.41, 5.74) is 1.91. The van der Waals surface area contributed by atoms with Crippen LogP contribution in [0.25, 0.3) is 0 Å². The maximum Gasteiger partial charge on any atom is 0.216 e. The van der Waals surface area contributed by atoms with E-state index >= 15 is 0 Å². The van der Waals surface area contributed by atoms with E-state index < -0.39 is 10.0 Å². The molecule has 0 amide bonds. The number of aryl methyl sites for hydroxylation is 1. The van der Waals surface area contributed by atoms with Crippen LogP contribution in [-0.2, 0) is 15.8 Å². The van der Waals surface area contributed by atoms with Crippen LogP contribution in [0.1, 0.15) is 24.0 Å². The Morgan fingerprint density at radius 1 is 1.33 bits per heavy atom. The standard InChI is InChI=1S/C11H15NO2S/c1-9-4-2-3-5-10(9)8-15(13,14)12-11-6-7-11/h2-5,11-12H,6-8H2,1H3. The first kappa shape index (κ1) is 10.6. The molecule has 0 atom stereocenters. The van der Waals surface area contributed by atoms with E-state index in [2.05, 4.69) is 4.72 Å².